The second kappa shape index (κ2) is 16.5. The van der Waals surface area contributed by atoms with Gasteiger partial charge in [-0.3, -0.25) is 9.59 Å². The molecule has 3 aromatic rings. The lowest BCUT2D eigenvalue weighted by Crippen LogP contribution is -2.55. The van der Waals surface area contributed by atoms with Crippen molar-refractivity contribution in [3.8, 4) is 23.8 Å². The van der Waals surface area contributed by atoms with Crippen LogP contribution in [0.3, 0.4) is 0 Å². The molecule has 9 nitrogen and oxygen atoms in total. The van der Waals surface area contributed by atoms with Gasteiger partial charge in [-0.15, -0.1) is 6.42 Å². The third-order valence-corrected chi connectivity index (χ3v) is 7.53. The second-order valence-electron chi connectivity index (χ2n) is 13.0. The maximum Gasteiger partial charge on any atom is 0.408 e. The largest absolute Gasteiger partial charge is 0.508 e. The van der Waals surface area contributed by atoms with E-state index in [0.717, 1.165) is 6.42 Å². The highest BCUT2D eigenvalue weighted by atomic mass is 16.6. The van der Waals surface area contributed by atoms with E-state index in [1.54, 1.807) is 93.4 Å². The highest BCUT2D eigenvalue weighted by Crippen LogP contribution is 2.30. The van der Waals surface area contributed by atoms with Gasteiger partial charge in [-0.1, -0.05) is 44.0 Å². The SMILES string of the molecule is C#Cc1ccc(C(C(=O)Nc2ccc(OC)cc2)N(C(=O)C(Cc2ccc(O)cc2)NC(=O)OC(C)(C)C)C(C)CCC(C)C)cc1. The standard InChI is InChI=1S/C38H47N3O6/c1-9-27-12-16-29(17-13-27)34(35(43)39-30-18-22-32(46-8)23-19-30)41(26(4)11-10-25(2)3)36(44)33(40-37(45)47-38(5,6)7)24-28-14-20-31(42)21-15-28/h1,12-23,25-26,33-34,42H,10-11,24H2,2-8H3,(H,39,43)(H,40,45). The Hall–Kier alpha value is -4.97. The van der Waals surface area contributed by atoms with Gasteiger partial charge in [0.1, 0.15) is 29.2 Å². The molecule has 0 radical (unpaired) electrons. The lowest BCUT2D eigenvalue weighted by atomic mass is 9.95. The number of rotatable bonds is 13. The molecule has 47 heavy (non-hydrogen) atoms. The number of carbonyl (C=O) groups excluding carboxylic acids is 3. The van der Waals surface area contributed by atoms with Gasteiger partial charge in [-0.2, -0.15) is 0 Å². The summed E-state index contributed by atoms with van der Waals surface area (Å²) < 4.78 is 10.8. The number of phenols is 1. The van der Waals surface area contributed by atoms with Crippen LogP contribution in [0.1, 0.15) is 77.1 Å². The van der Waals surface area contributed by atoms with Crippen molar-refractivity contribution in [2.24, 2.45) is 5.92 Å². The Bertz CT molecular complexity index is 1520. The summed E-state index contributed by atoms with van der Waals surface area (Å²) in [4.78, 5) is 43.9. The average Bonchev–Trinajstić information content (AvgIpc) is 3.02. The molecular formula is C38H47N3O6. The number of amides is 3. The number of ether oxygens (including phenoxy) is 2. The van der Waals surface area contributed by atoms with E-state index >= 15 is 0 Å². The van der Waals surface area contributed by atoms with Crippen LogP contribution in [0.4, 0.5) is 10.5 Å². The summed E-state index contributed by atoms with van der Waals surface area (Å²) in [5.41, 5.74) is 1.60. The van der Waals surface area contributed by atoms with Crippen molar-refractivity contribution < 1.29 is 29.0 Å². The summed E-state index contributed by atoms with van der Waals surface area (Å²) in [5, 5.41) is 15.6. The van der Waals surface area contributed by atoms with Crippen LogP contribution >= 0.6 is 0 Å². The molecule has 0 aliphatic heterocycles. The predicted molar refractivity (Wildman–Crippen MR) is 184 cm³/mol. The molecule has 3 atom stereocenters. The van der Waals surface area contributed by atoms with Crippen LogP contribution in [0.25, 0.3) is 0 Å². The van der Waals surface area contributed by atoms with Crippen molar-refractivity contribution in [3.05, 3.63) is 89.5 Å². The smallest absolute Gasteiger partial charge is 0.408 e. The number of nitrogens with zero attached hydrogens (tertiary/aromatic N) is 1. The Kier molecular flexibility index (Phi) is 12.9. The molecule has 0 bridgehead atoms. The van der Waals surface area contributed by atoms with Crippen molar-refractivity contribution in [1.29, 1.82) is 0 Å². The van der Waals surface area contributed by atoms with Crippen LogP contribution in [0, 0.1) is 18.3 Å². The van der Waals surface area contributed by atoms with Crippen molar-refractivity contribution >= 4 is 23.6 Å². The number of methoxy groups -OCH3 is 1. The average molecular weight is 642 g/mol. The zero-order chi connectivity index (χ0) is 34.7. The summed E-state index contributed by atoms with van der Waals surface area (Å²) in [6.07, 6.45) is 6.37. The van der Waals surface area contributed by atoms with E-state index in [0.29, 0.717) is 40.5 Å². The summed E-state index contributed by atoms with van der Waals surface area (Å²) in [7, 11) is 1.56. The molecular weight excluding hydrogens is 594 g/mol. The number of alkyl carbamates (subject to hydrolysis) is 1. The number of benzene rings is 3. The van der Waals surface area contributed by atoms with Gasteiger partial charge in [0.05, 0.1) is 7.11 Å². The molecule has 250 valence electrons. The van der Waals surface area contributed by atoms with Crippen LogP contribution in [0.5, 0.6) is 11.5 Å². The Morgan fingerprint density at radius 3 is 2.06 bits per heavy atom. The first-order chi connectivity index (χ1) is 22.2. The molecule has 0 saturated heterocycles. The van der Waals surface area contributed by atoms with E-state index in [-0.39, 0.29) is 12.2 Å². The van der Waals surface area contributed by atoms with Gasteiger partial charge in [0.2, 0.25) is 5.91 Å². The van der Waals surface area contributed by atoms with Crippen molar-refractivity contribution in [2.75, 3.05) is 12.4 Å². The van der Waals surface area contributed by atoms with Gasteiger partial charge in [0.15, 0.2) is 0 Å². The molecule has 0 aliphatic carbocycles. The Morgan fingerprint density at radius 2 is 1.53 bits per heavy atom. The minimum absolute atomic E-state index is 0.0753. The maximum absolute atomic E-state index is 14.9. The zero-order valence-corrected chi connectivity index (χ0v) is 28.4. The minimum atomic E-state index is -1.10. The number of carbonyl (C=O) groups is 3. The number of aromatic hydroxyl groups is 1. The number of hydrogen-bond acceptors (Lipinski definition) is 6. The van der Waals surface area contributed by atoms with E-state index in [9.17, 15) is 19.5 Å². The summed E-state index contributed by atoms with van der Waals surface area (Å²) in [6.45, 7) is 11.3. The van der Waals surface area contributed by atoms with Crippen LogP contribution < -0.4 is 15.4 Å². The molecule has 3 amide bonds. The van der Waals surface area contributed by atoms with Gasteiger partial charge in [-0.25, -0.2) is 4.79 Å². The summed E-state index contributed by atoms with van der Waals surface area (Å²) in [5.74, 6) is 2.76. The van der Waals surface area contributed by atoms with Crippen LogP contribution in [0.15, 0.2) is 72.8 Å². The molecule has 0 aliphatic rings. The molecule has 3 N–H and O–H groups in total. The van der Waals surface area contributed by atoms with Crippen molar-refractivity contribution in [1.82, 2.24) is 10.2 Å². The topological polar surface area (TPSA) is 117 Å². The Balaban J connectivity index is 2.14. The fraction of sp³-hybridized carbons (Fsp3) is 0.395. The van der Waals surface area contributed by atoms with E-state index in [1.165, 1.54) is 12.1 Å². The second-order valence-corrected chi connectivity index (χ2v) is 13.0. The fourth-order valence-corrected chi connectivity index (χ4v) is 5.10. The minimum Gasteiger partial charge on any atom is -0.508 e. The fourth-order valence-electron chi connectivity index (χ4n) is 5.10. The lowest BCUT2D eigenvalue weighted by Gasteiger charge is -2.39. The summed E-state index contributed by atoms with van der Waals surface area (Å²) in [6, 6.07) is 17.7. The number of hydrogen-bond donors (Lipinski definition) is 3. The first-order valence-electron chi connectivity index (χ1n) is 15.8. The predicted octanol–water partition coefficient (Wildman–Crippen LogP) is 6.85. The molecule has 9 heteroatoms. The van der Waals surface area contributed by atoms with Crippen LogP contribution in [-0.2, 0) is 20.7 Å². The molecule has 0 spiro atoms. The monoisotopic (exact) mass is 641 g/mol. The Labute approximate surface area is 278 Å². The van der Waals surface area contributed by atoms with Crippen LogP contribution in [-0.4, -0.2) is 52.7 Å². The zero-order valence-electron chi connectivity index (χ0n) is 28.4. The number of anilines is 1. The van der Waals surface area contributed by atoms with Gasteiger partial charge in [0, 0.05) is 23.7 Å². The molecule has 0 fully saturated rings. The van der Waals surface area contributed by atoms with Gasteiger partial charge < -0.3 is 30.1 Å². The molecule has 0 aromatic heterocycles. The third-order valence-electron chi connectivity index (χ3n) is 7.53. The van der Waals surface area contributed by atoms with Gasteiger partial charge >= 0.3 is 6.09 Å². The molecule has 3 aromatic carbocycles. The normalized spacial score (nSPS) is 13.1. The molecule has 3 unspecified atom stereocenters. The maximum atomic E-state index is 14.9. The highest BCUT2D eigenvalue weighted by Gasteiger charge is 2.39. The quantitative estimate of drug-likeness (QED) is 0.176. The van der Waals surface area contributed by atoms with Crippen molar-refractivity contribution in [3.63, 3.8) is 0 Å². The van der Waals surface area contributed by atoms with Gasteiger partial charge in [0.25, 0.3) is 5.91 Å². The third kappa shape index (κ3) is 11.1. The first kappa shape index (κ1) is 36.5. The van der Waals surface area contributed by atoms with Crippen LogP contribution in [0.2, 0.25) is 0 Å². The molecule has 0 saturated carbocycles. The number of terminal acetylenes is 1. The summed E-state index contributed by atoms with van der Waals surface area (Å²) >= 11 is 0. The van der Waals surface area contributed by atoms with E-state index in [1.807, 2.05) is 6.92 Å². The molecule has 3 rings (SSSR count). The first-order valence-corrected chi connectivity index (χ1v) is 15.8. The van der Waals surface area contributed by atoms with E-state index in [4.69, 9.17) is 15.9 Å². The van der Waals surface area contributed by atoms with Gasteiger partial charge in [-0.05, 0) is 106 Å². The molecule has 0 heterocycles. The Morgan fingerprint density at radius 1 is 0.915 bits per heavy atom. The lowest BCUT2D eigenvalue weighted by molar-refractivity contribution is -0.143. The van der Waals surface area contributed by atoms with E-state index < -0.39 is 41.6 Å². The number of nitrogens with one attached hydrogen (secondary N) is 2. The number of phenolic OH excluding ortho intramolecular Hbond substituents is 1. The van der Waals surface area contributed by atoms with Crippen molar-refractivity contribution in [2.45, 2.75) is 84.5 Å². The highest BCUT2D eigenvalue weighted by molar-refractivity contribution is 5.99. The van der Waals surface area contributed by atoms with E-state index in [2.05, 4.69) is 30.4 Å².